The third-order valence-electron chi connectivity index (χ3n) is 7.44. The number of aliphatic carboxylic acids is 1. The topological polar surface area (TPSA) is 122 Å². The Bertz CT molecular complexity index is 1240. The Balaban J connectivity index is 0.00000127. The Morgan fingerprint density at radius 1 is 1.02 bits per heavy atom. The first-order valence-electron chi connectivity index (χ1n) is 14.7. The zero-order chi connectivity index (χ0) is 31.5. The molecule has 2 aliphatic rings. The number of rotatable bonds is 10. The molecule has 0 radical (unpaired) electrons. The number of carboxylic acids is 1. The van der Waals surface area contributed by atoms with Gasteiger partial charge >= 0.3 is 5.69 Å². The first kappa shape index (κ1) is 36.4. The molecule has 1 amide bonds. The highest BCUT2D eigenvalue weighted by atomic mass is 19.2. The summed E-state index contributed by atoms with van der Waals surface area (Å²) in [6.07, 6.45) is 3.45. The lowest BCUT2D eigenvalue weighted by atomic mass is 9.89. The Kier molecular flexibility index (Phi) is 14.5. The number of nitro groups is 1. The number of likely N-dealkylation sites (tertiary alicyclic amines) is 2. The summed E-state index contributed by atoms with van der Waals surface area (Å²) in [4.78, 5) is 36.8. The molecule has 0 aromatic heterocycles. The number of carbonyl (C=O) groups is 2. The summed E-state index contributed by atoms with van der Waals surface area (Å²) < 4.78 is 38.5. The molecule has 244 valence electrons. The van der Waals surface area contributed by atoms with Crippen molar-refractivity contribution in [3.8, 4) is 11.5 Å². The van der Waals surface area contributed by atoms with Crippen molar-refractivity contribution in [2.45, 2.75) is 72.3 Å². The largest absolute Gasteiger partial charge is 0.490 e. The average molecular weight is 622 g/mol. The number of nitrogens with zero attached hydrogens (tertiary/aromatic N) is 3. The second-order valence-electron chi connectivity index (χ2n) is 11.3. The van der Waals surface area contributed by atoms with Crippen LogP contribution in [0.5, 0.6) is 11.5 Å². The van der Waals surface area contributed by atoms with Crippen molar-refractivity contribution in [2.75, 3.05) is 39.3 Å². The van der Waals surface area contributed by atoms with E-state index in [0.29, 0.717) is 51.3 Å². The summed E-state index contributed by atoms with van der Waals surface area (Å²) >= 11 is 0. The van der Waals surface area contributed by atoms with E-state index in [1.54, 1.807) is 18.2 Å². The van der Waals surface area contributed by atoms with Crippen molar-refractivity contribution < 1.29 is 37.9 Å². The molecule has 4 rings (SSSR count). The van der Waals surface area contributed by atoms with Gasteiger partial charge in [-0.2, -0.15) is 0 Å². The number of hydrogen-bond donors (Lipinski definition) is 1. The fourth-order valence-electron chi connectivity index (χ4n) is 5.17. The van der Waals surface area contributed by atoms with Gasteiger partial charge in [0.15, 0.2) is 11.6 Å². The normalized spacial score (nSPS) is 16.0. The molecular formula is C32H45F2N3O7. The van der Waals surface area contributed by atoms with Crippen LogP contribution in [0, 0.1) is 27.7 Å². The van der Waals surface area contributed by atoms with Crippen molar-refractivity contribution in [1.29, 1.82) is 0 Å². The first-order chi connectivity index (χ1) is 20.4. The van der Waals surface area contributed by atoms with Gasteiger partial charge in [-0.1, -0.05) is 27.3 Å². The van der Waals surface area contributed by atoms with E-state index in [1.807, 2.05) is 18.7 Å². The highest BCUT2D eigenvalue weighted by Crippen LogP contribution is 2.33. The SMILES string of the molecule is C.CC(=O)O.CC(C)COc1cc(OC2CCN(C(=O)CCN3CCC(c4ccc(F)c(F)c4)CC3)CC2)ccc1[N+](=O)[O-]. The van der Waals surface area contributed by atoms with E-state index in [1.165, 1.54) is 18.2 Å². The molecule has 0 bridgehead atoms. The lowest BCUT2D eigenvalue weighted by Gasteiger charge is -2.34. The molecular weight excluding hydrogens is 576 g/mol. The van der Waals surface area contributed by atoms with Gasteiger partial charge in [0.2, 0.25) is 11.7 Å². The maximum atomic E-state index is 13.6. The number of ether oxygens (including phenoxy) is 2. The van der Waals surface area contributed by atoms with Crippen LogP contribution in [0.1, 0.15) is 71.8 Å². The smallest absolute Gasteiger partial charge is 0.311 e. The summed E-state index contributed by atoms with van der Waals surface area (Å²) in [6.45, 7) is 8.94. The van der Waals surface area contributed by atoms with E-state index < -0.39 is 22.5 Å². The predicted molar refractivity (Wildman–Crippen MR) is 163 cm³/mol. The molecule has 0 unspecified atom stereocenters. The number of carbonyl (C=O) groups excluding carboxylic acids is 1. The van der Waals surface area contributed by atoms with Crippen molar-refractivity contribution >= 4 is 17.6 Å². The van der Waals surface area contributed by atoms with E-state index >= 15 is 0 Å². The van der Waals surface area contributed by atoms with Crippen LogP contribution in [0.3, 0.4) is 0 Å². The second kappa shape index (κ2) is 17.5. The number of amides is 1. The highest BCUT2D eigenvalue weighted by molar-refractivity contribution is 5.76. The van der Waals surface area contributed by atoms with Crippen LogP contribution in [-0.2, 0) is 9.59 Å². The lowest BCUT2D eigenvalue weighted by molar-refractivity contribution is -0.385. The van der Waals surface area contributed by atoms with E-state index in [0.717, 1.165) is 38.4 Å². The Morgan fingerprint density at radius 3 is 2.23 bits per heavy atom. The van der Waals surface area contributed by atoms with E-state index in [2.05, 4.69) is 4.90 Å². The number of carboxylic acid groups (broad SMARTS) is 1. The van der Waals surface area contributed by atoms with Gasteiger partial charge in [-0.15, -0.1) is 0 Å². The van der Waals surface area contributed by atoms with Gasteiger partial charge in [-0.3, -0.25) is 19.7 Å². The van der Waals surface area contributed by atoms with Gasteiger partial charge < -0.3 is 24.4 Å². The van der Waals surface area contributed by atoms with Crippen LogP contribution in [0.4, 0.5) is 14.5 Å². The van der Waals surface area contributed by atoms with Crippen molar-refractivity contribution in [3.05, 3.63) is 63.7 Å². The zero-order valence-corrected chi connectivity index (χ0v) is 25.0. The zero-order valence-electron chi connectivity index (χ0n) is 25.0. The number of hydrogen-bond acceptors (Lipinski definition) is 7. The predicted octanol–water partition coefficient (Wildman–Crippen LogP) is 6.27. The summed E-state index contributed by atoms with van der Waals surface area (Å²) in [5.41, 5.74) is 0.750. The van der Waals surface area contributed by atoms with E-state index in [4.69, 9.17) is 19.4 Å². The third-order valence-corrected chi connectivity index (χ3v) is 7.44. The minimum absolute atomic E-state index is 0. The van der Waals surface area contributed by atoms with E-state index in [-0.39, 0.29) is 42.7 Å². The highest BCUT2D eigenvalue weighted by Gasteiger charge is 2.27. The van der Waals surface area contributed by atoms with Gasteiger partial charge in [0.1, 0.15) is 11.9 Å². The number of benzene rings is 2. The molecule has 1 N–H and O–H groups in total. The maximum absolute atomic E-state index is 13.6. The minimum Gasteiger partial charge on any atom is -0.490 e. The number of nitro benzene ring substituents is 1. The summed E-state index contributed by atoms with van der Waals surface area (Å²) in [6, 6.07) is 8.73. The van der Waals surface area contributed by atoms with Crippen LogP contribution < -0.4 is 9.47 Å². The molecule has 0 saturated carbocycles. The number of halogens is 2. The molecule has 0 atom stereocenters. The molecule has 0 spiro atoms. The summed E-state index contributed by atoms with van der Waals surface area (Å²) in [5.74, 6) is -1.17. The quantitative estimate of drug-likeness (QED) is 0.243. The second-order valence-corrected chi connectivity index (χ2v) is 11.3. The third kappa shape index (κ3) is 11.4. The molecule has 2 aromatic carbocycles. The standard InChI is InChI=1S/C29H37F2N3O5.C2H4O2.CH4/c1-20(2)19-38-28-18-24(4-6-27(28)34(36)37)39-23-9-15-33(16-10-23)29(35)11-14-32-12-7-21(8-13-32)22-3-5-25(30)26(31)17-22;1-2(3)4;/h3-6,17-18,20-21,23H,7-16,19H2,1-2H3;1H3,(H,3,4);1H4. The molecule has 44 heavy (non-hydrogen) atoms. The fourth-order valence-corrected chi connectivity index (χ4v) is 5.17. The van der Waals surface area contributed by atoms with Crippen molar-refractivity contribution in [3.63, 3.8) is 0 Å². The van der Waals surface area contributed by atoms with Gasteiger partial charge in [0, 0.05) is 58.0 Å². The molecule has 0 aliphatic carbocycles. The van der Waals surface area contributed by atoms with Gasteiger partial charge in [0.05, 0.1) is 11.5 Å². The summed E-state index contributed by atoms with van der Waals surface area (Å²) in [7, 11) is 0. The van der Waals surface area contributed by atoms with Crippen LogP contribution in [-0.4, -0.2) is 77.1 Å². The van der Waals surface area contributed by atoms with Crippen molar-refractivity contribution in [1.82, 2.24) is 9.80 Å². The Hall–Kier alpha value is -3.80. The van der Waals surface area contributed by atoms with Gasteiger partial charge in [-0.25, -0.2) is 8.78 Å². The summed E-state index contributed by atoms with van der Waals surface area (Å²) in [5, 5.41) is 18.8. The minimum atomic E-state index is -0.833. The van der Waals surface area contributed by atoms with Gasteiger partial charge in [-0.05, 0) is 61.5 Å². The molecule has 2 aliphatic heterocycles. The monoisotopic (exact) mass is 621 g/mol. The molecule has 12 heteroatoms. The Morgan fingerprint density at radius 2 is 1.66 bits per heavy atom. The lowest BCUT2D eigenvalue weighted by Crippen LogP contribution is -2.43. The van der Waals surface area contributed by atoms with Crippen molar-refractivity contribution in [2.24, 2.45) is 5.92 Å². The molecule has 2 fully saturated rings. The average Bonchev–Trinajstić information content (AvgIpc) is 2.96. The molecule has 10 nitrogen and oxygen atoms in total. The molecule has 2 aromatic rings. The molecule has 2 heterocycles. The first-order valence-corrected chi connectivity index (χ1v) is 14.7. The molecule has 2 saturated heterocycles. The van der Waals surface area contributed by atoms with E-state index in [9.17, 15) is 23.7 Å². The van der Waals surface area contributed by atoms with Crippen LogP contribution in [0.15, 0.2) is 36.4 Å². The number of piperidine rings is 2. The van der Waals surface area contributed by atoms with Gasteiger partial charge in [0.25, 0.3) is 5.97 Å². The van der Waals surface area contributed by atoms with Crippen LogP contribution >= 0.6 is 0 Å². The van der Waals surface area contributed by atoms with Crippen LogP contribution in [0.2, 0.25) is 0 Å². The van der Waals surface area contributed by atoms with Crippen LogP contribution in [0.25, 0.3) is 0 Å². The fraction of sp³-hybridized carbons (Fsp3) is 0.562. The maximum Gasteiger partial charge on any atom is 0.311 e. The Labute approximate surface area is 258 Å².